The van der Waals surface area contributed by atoms with E-state index < -0.39 is 0 Å². The van der Waals surface area contributed by atoms with Gasteiger partial charge in [-0.2, -0.15) is 0 Å². The molecular weight excluding hydrogens is 312 g/mol. The number of amides is 1. The van der Waals surface area contributed by atoms with E-state index in [-0.39, 0.29) is 5.91 Å². The number of carbonyl (C=O) groups excluding carboxylic acids is 1. The minimum Gasteiger partial charge on any atom is -0.347 e. The van der Waals surface area contributed by atoms with Gasteiger partial charge >= 0.3 is 0 Å². The van der Waals surface area contributed by atoms with Crippen molar-refractivity contribution in [1.29, 1.82) is 0 Å². The van der Waals surface area contributed by atoms with Gasteiger partial charge in [0.15, 0.2) is 0 Å². The van der Waals surface area contributed by atoms with E-state index in [9.17, 15) is 4.79 Å². The van der Waals surface area contributed by atoms with Crippen molar-refractivity contribution in [2.75, 3.05) is 13.1 Å². The Bertz CT molecular complexity index is 677. The Balaban J connectivity index is 1.51. The van der Waals surface area contributed by atoms with Crippen molar-refractivity contribution in [2.45, 2.75) is 33.4 Å². The van der Waals surface area contributed by atoms with Crippen molar-refractivity contribution < 1.29 is 4.79 Å². The first kappa shape index (κ1) is 17.5. The normalized spacial score (nSPS) is 21.0. The molecule has 1 fully saturated rings. The van der Waals surface area contributed by atoms with Gasteiger partial charge in [0.05, 0.1) is 6.20 Å². The SMILES string of the molecule is C[C@@H]1C[C@@H](C)CN(Cc2ccc(CNC(=O)c3cnccn3)cc2)C1. The summed E-state index contributed by atoms with van der Waals surface area (Å²) in [5.74, 6) is 1.35. The van der Waals surface area contributed by atoms with Crippen molar-refractivity contribution in [2.24, 2.45) is 11.8 Å². The zero-order valence-corrected chi connectivity index (χ0v) is 15.0. The maximum atomic E-state index is 12.0. The molecule has 0 aliphatic carbocycles. The number of hydrogen-bond donors (Lipinski definition) is 1. The van der Waals surface area contributed by atoms with E-state index in [1.165, 1.54) is 37.5 Å². The first-order chi connectivity index (χ1) is 12.1. The molecule has 1 aliphatic rings. The van der Waals surface area contributed by atoms with E-state index in [0.717, 1.165) is 23.9 Å². The molecule has 0 unspecified atom stereocenters. The topological polar surface area (TPSA) is 58.1 Å². The summed E-state index contributed by atoms with van der Waals surface area (Å²) in [4.78, 5) is 22.4. The largest absolute Gasteiger partial charge is 0.347 e. The molecule has 1 aromatic heterocycles. The molecule has 1 aliphatic heterocycles. The predicted octanol–water partition coefficient (Wildman–Crippen LogP) is 2.88. The molecule has 2 atom stereocenters. The lowest BCUT2D eigenvalue weighted by atomic mass is 9.91. The van der Waals surface area contributed by atoms with E-state index in [4.69, 9.17) is 0 Å². The van der Waals surface area contributed by atoms with E-state index in [2.05, 4.69) is 58.3 Å². The second-order valence-corrected chi connectivity index (χ2v) is 7.23. The molecule has 132 valence electrons. The quantitative estimate of drug-likeness (QED) is 0.911. The number of nitrogens with zero attached hydrogens (tertiary/aromatic N) is 3. The standard InChI is InChI=1S/C20H26N4O/c1-15-9-16(2)13-24(12-15)14-18-5-3-17(4-6-18)10-23-20(25)19-11-21-7-8-22-19/h3-8,11,15-16H,9-10,12-14H2,1-2H3,(H,23,25)/t15-,16-/m1/s1. The summed E-state index contributed by atoms with van der Waals surface area (Å²) in [5, 5.41) is 2.88. The van der Waals surface area contributed by atoms with Gasteiger partial charge in [-0.05, 0) is 29.4 Å². The lowest BCUT2D eigenvalue weighted by Crippen LogP contribution is -2.38. The molecule has 0 radical (unpaired) electrons. The van der Waals surface area contributed by atoms with Gasteiger partial charge in [0.25, 0.3) is 5.91 Å². The van der Waals surface area contributed by atoms with E-state index in [0.29, 0.717) is 12.2 Å². The Morgan fingerprint density at radius 1 is 1.12 bits per heavy atom. The number of likely N-dealkylation sites (tertiary alicyclic amines) is 1. The van der Waals surface area contributed by atoms with Crippen molar-refractivity contribution in [3.8, 4) is 0 Å². The van der Waals surface area contributed by atoms with Crippen LogP contribution in [0.5, 0.6) is 0 Å². The van der Waals surface area contributed by atoms with E-state index in [1.54, 1.807) is 6.20 Å². The van der Waals surface area contributed by atoms with Gasteiger partial charge in [0, 0.05) is 38.6 Å². The summed E-state index contributed by atoms with van der Waals surface area (Å²) in [5.41, 5.74) is 2.75. The molecule has 0 spiro atoms. The molecule has 1 N–H and O–H groups in total. The number of aromatic nitrogens is 2. The molecule has 3 rings (SSSR count). The number of piperidine rings is 1. The third-order valence-corrected chi connectivity index (χ3v) is 4.62. The van der Waals surface area contributed by atoms with Gasteiger partial charge < -0.3 is 5.32 Å². The highest BCUT2D eigenvalue weighted by atomic mass is 16.1. The Morgan fingerprint density at radius 3 is 2.44 bits per heavy atom. The maximum Gasteiger partial charge on any atom is 0.271 e. The predicted molar refractivity (Wildman–Crippen MR) is 97.9 cm³/mol. The zero-order valence-electron chi connectivity index (χ0n) is 15.0. The van der Waals surface area contributed by atoms with Gasteiger partial charge in [-0.25, -0.2) is 4.98 Å². The molecular formula is C20H26N4O. The van der Waals surface area contributed by atoms with Gasteiger partial charge in [0.1, 0.15) is 5.69 Å². The molecule has 1 amide bonds. The van der Waals surface area contributed by atoms with E-state index >= 15 is 0 Å². The Hall–Kier alpha value is -2.27. The fraction of sp³-hybridized carbons (Fsp3) is 0.450. The number of benzene rings is 1. The van der Waals surface area contributed by atoms with Crippen LogP contribution in [0.4, 0.5) is 0 Å². The molecule has 1 saturated heterocycles. The lowest BCUT2D eigenvalue weighted by molar-refractivity contribution is 0.0945. The van der Waals surface area contributed by atoms with Crippen LogP contribution in [0.15, 0.2) is 42.9 Å². The summed E-state index contributed by atoms with van der Waals surface area (Å²) in [7, 11) is 0. The van der Waals surface area contributed by atoms with Crippen LogP contribution >= 0.6 is 0 Å². The van der Waals surface area contributed by atoms with Crippen molar-refractivity contribution in [3.05, 3.63) is 59.7 Å². The Labute approximate surface area is 149 Å². The third kappa shape index (κ3) is 5.10. The van der Waals surface area contributed by atoms with Crippen LogP contribution in [-0.4, -0.2) is 33.9 Å². The number of rotatable bonds is 5. The van der Waals surface area contributed by atoms with E-state index in [1.807, 2.05) is 0 Å². The first-order valence-electron chi connectivity index (χ1n) is 8.94. The highest BCUT2D eigenvalue weighted by molar-refractivity contribution is 5.91. The summed E-state index contributed by atoms with van der Waals surface area (Å²) >= 11 is 0. The molecule has 0 bridgehead atoms. The second kappa shape index (κ2) is 8.21. The lowest BCUT2D eigenvalue weighted by Gasteiger charge is -2.35. The number of carbonyl (C=O) groups is 1. The van der Waals surface area contributed by atoms with Crippen molar-refractivity contribution in [1.82, 2.24) is 20.2 Å². The Kier molecular flexibility index (Phi) is 5.76. The van der Waals surface area contributed by atoms with Crippen LogP contribution in [0, 0.1) is 11.8 Å². The van der Waals surface area contributed by atoms with Crippen LogP contribution in [0.3, 0.4) is 0 Å². The van der Waals surface area contributed by atoms with Crippen LogP contribution in [-0.2, 0) is 13.1 Å². The smallest absolute Gasteiger partial charge is 0.271 e. The fourth-order valence-electron chi connectivity index (χ4n) is 3.63. The molecule has 0 saturated carbocycles. The second-order valence-electron chi connectivity index (χ2n) is 7.23. The van der Waals surface area contributed by atoms with Crippen LogP contribution in [0.2, 0.25) is 0 Å². The summed E-state index contributed by atoms with van der Waals surface area (Å²) < 4.78 is 0. The zero-order chi connectivity index (χ0) is 17.6. The third-order valence-electron chi connectivity index (χ3n) is 4.62. The van der Waals surface area contributed by atoms with Crippen molar-refractivity contribution in [3.63, 3.8) is 0 Å². The van der Waals surface area contributed by atoms with Crippen LogP contribution < -0.4 is 5.32 Å². The Morgan fingerprint density at radius 2 is 1.80 bits per heavy atom. The molecule has 5 heteroatoms. The van der Waals surface area contributed by atoms with Gasteiger partial charge in [-0.15, -0.1) is 0 Å². The molecule has 1 aromatic carbocycles. The summed E-state index contributed by atoms with van der Waals surface area (Å²) in [6.45, 7) is 8.53. The summed E-state index contributed by atoms with van der Waals surface area (Å²) in [6, 6.07) is 8.49. The molecule has 5 nitrogen and oxygen atoms in total. The van der Waals surface area contributed by atoms with Crippen molar-refractivity contribution >= 4 is 5.91 Å². The average molecular weight is 338 g/mol. The molecule has 2 aromatic rings. The average Bonchev–Trinajstić information content (AvgIpc) is 2.61. The maximum absolute atomic E-state index is 12.0. The summed E-state index contributed by atoms with van der Waals surface area (Å²) in [6.07, 6.45) is 5.88. The van der Waals surface area contributed by atoms with Gasteiger partial charge in [-0.1, -0.05) is 38.1 Å². The van der Waals surface area contributed by atoms with Crippen LogP contribution in [0.1, 0.15) is 41.9 Å². The number of hydrogen-bond acceptors (Lipinski definition) is 4. The molecule has 2 heterocycles. The highest BCUT2D eigenvalue weighted by Gasteiger charge is 2.21. The minimum atomic E-state index is -0.200. The monoisotopic (exact) mass is 338 g/mol. The highest BCUT2D eigenvalue weighted by Crippen LogP contribution is 2.22. The molecule has 25 heavy (non-hydrogen) atoms. The minimum absolute atomic E-state index is 0.200. The number of nitrogens with one attached hydrogen (secondary N) is 1. The van der Waals surface area contributed by atoms with Gasteiger partial charge in [0.2, 0.25) is 0 Å². The first-order valence-corrected chi connectivity index (χ1v) is 8.94. The van der Waals surface area contributed by atoms with Crippen LogP contribution in [0.25, 0.3) is 0 Å². The fourth-order valence-corrected chi connectivity index (χ4v) is 3.63. The van der Waals surface area contributed by atoms with Gasteiger partial charge in [-0.3, -0.25) is 14.7 Å².